The SMILES string of the molecule is Cn1c(-c2ccncc2Cl)nnc1S(=O)(=O)Cl. The summed E-state index contributed by atoms with van der Waals surface area (Å²) in [4.78, 5) is 3.82. The molecule has 0 aliphatic carbocycles. The Balaban J connectivity index is 2.64. The van der Waals surface area contributed by atoms with E-state index in [2.05, 4.69) is 15.2 Å². The number of halogens is 2. The van der Waals surface area contributed by atoms with Crippen molar-refractivity contribution in [3.05, 3.63) is 23.5 Å². The van der Waals surface area contributed by atoms with Crippen molar-refractivity contribution in [3.8, 4) is 11.4 Å². The molecule has 9 heteroatoms. The lowest BCUT2D eigenvalue weighted by Gasteiger charge is -2.03. The molecule has 0 saturated heterocycles. The predicted octanol–water partition coefficient (Wildman–Crippen LogP) is 1.46. The minimum Gasteiger partial charge on any atom is -0.300 e. The number of hydrogen-bond donors (Lipinski definition) is 0. The first kappa shape index (κ1) is 12.3. The summed E-state index contributed by atoms with van der Waals surface area (Å²) in [5, 5.41) is 7.29. The number of rotatable bonds is 2. The Morgan fingerprint density at radius 3 is 2.59 bits per heavy atom. The second kappa shape index (κ2) is 4.25. The fraction of sp³-hybridized carbons (Fsp3) is 0.125. The molecule has 6 nitrogen and oxygen atoms in total. The highest BCUT2D eigenvalue weighted by Gasteiger charge is 2.21. The fourth-order valence-electron chi connectivity index (χ4n) is 1.32. The lowest BCUT2D eigenvalue weighted by atomic mass is 10.2. The van der Waals surface area contributed by atoms with Crippen LogP contribution in [0.4, 0.5) is 0 Å². The second-order valence-electron chi connectivity index (χ2n) is 3.16. The van der Waals surface area contributed by atoms with Crippen molar-refractivity contribution in [1.29, 1.82) is 0 Å². The van der Waals surface area contributed by atoms with Crippen LogP contribution in [0, 0.1) is 0 Å². The first-order chi connectivity index (χ1) is 7.91. The van der Waals surface area contributed by atoms with Gasteiger partial charge < -0.3 is 0 Å². The molecule has 2 aromatic heterocycles. The molecule has 2 rings (SSSR count). The van der Waals surface area contributed by atoms with E-state index in [0.717, 1.165) is 0 Å². The molecule has 0 aliphatic heterocycles. The lowest BCUT2D eigenvalue weighted by Crippen LogP contribution is -2.03. The zero-order chi connectivity index (χ0) is 12.6. The van der Waals surface area contributed by atoms with E-state index in [1.165, 1.54) is 24.0 Å². The van der Waals surface area contributed by atoms with Gasteiger partial charge in [0, 0.05) is 35.7 Å². The van der Waals surface area contributed by atoms with Crippen LogP contribution >= 0.6 is 22.3 Å². The molecule has 0 aromatic carbocycles. The highest BCUT2D eigenvalue weighted by molar-refractivity contribution is 8.13. The molecule has 0 unspecified atom stereocenters. The molecule has 0 aliphatic rings. The second-order valence-corrected chi connectivity index (χ2v) is 6.03. The summed E-state index contributed by atoms with van der Waals surface area (Å²) >= 11 is 5.93. The van der Waals surface area contributed by atoms with Crippen LogP contribution in [0.2, 0.25) is 5.02 Å². The monoisotopic (exact) mass is 292 g/mol. The maximum absolute atomic E-state index is 11.2. The van der Waals surface area contributed by atoms with Gasteiger partial charge in [-0.1, -0.05) is 11.6 Å². The summed E-state index contributed by atoms with van der Waals surface area (Å²) in [6, 6.07) is 1.61. The third kappa shape index (κ3) is 2.26. The average molecular weight is 293 g/mol. The normalized spacial score (nSPS) is 11.7. The highest BCUT2D eigenvalue weighted by atomic mass is 35.7. The molecule has 90 valence electrons. The van der Waals surface area contributed by atoms with Crippen LogP contribution in [0.15, 0.2) is 23.6 Å². The van der Waals surface area contributed by atoms with Gasteiger partial charge in [0.25, 0.3) is 14.2 Å². The largest absolute Gasteiger partial charge is 0.300 e. The third-order valence-electron chi connectivity index (χ3n) is 2.07. The minimum atomic E-state index is -3.93. The number of aromatic nitrogens is 4. The van der Waals surface area contributed by atoms with Crippen molar-refractivity contribution >= 4 is 31.3 Å². The van der Waals surface area contributed by atoms with Crippen LogP contribution in [-0.2, 0) is 16.1 Å². The Kier molecular flexibility index (Phi) is 3.07. The molecule has 0 N–H and O–H groups in total. The lowest BCUT2D eigenvalue weighted by molar-refractivity contribution is 0.593. The van der Waals surface area contributed by atoms with Crippen molar-refractivity contribution in [2.24, 2.45) is 7.05 Å². The summed E-state index contributed by atoms with van der Waals surface area (Å²) in [6.45, 7) is 0. The molecule has 0 saturated carbocycles. The average Bonchev–Trinajstić information content (AvgIpc) is 2.60. The van der Waals surface area contributed by atoms with E-state index in [9.17, 15) is 8.42 Å². The van der Waals surface area contributed by atoms with Gasteiger partial charge in [0.15, 0.2) is 5.82 Å². The molecule has 0 radical (unpaired) electrons. The van der Waals surface area contributed by atoms with Crippen LogP contribution in [-0.4, -0.2) is 28.2 Å². The van der Waals surface area contributed by atoms with Crippen LogP contribution < -0.4 is 0 Å². The smallest absolute Gasteiger partial charge is 0.296 e. The summed E-state index contributed by atoms with van der Waals surface area (Å²) < 4.78 is 23.6. The standard InChI is InChI=1S/C8H6Cl2N4O2S/c1-14-7(5-2-3-11-4-6(5)9)12-13-8(14)17(10,15)16/h2-4H,1H3. The zero-order valence-corrected chi connectivity index (χ0v) is 10.8. The topological polar surface area (TPSA) is 77.7 Å². The summed E-state index contributed by atoms with van der Waals surface area (Å²) in [6.07, 6.45) is 2.95. The fourth-order valence-corrected chi connectivity index (χ4v) is 2.48. The number of hydrogen-bond acceptors (Lipinski definition) is 5. The van der Waals surface area contributed by atoms with E-state index in [1.54, 1.807) is 6.07 Å². The third-order valence-corrected chi connectivity index (χ3v) is 3.57. The van der Waals surface area contributed by atoms with E-state index in [-0.39, 0.29) is 5.16 Å². The molecule has 0 bridgehead atoms. The molecular weight excluding hydrogens is 287 g/mol. The molecular formula is C8H6Cl2N4O2S. The predicted molar refractivity (Wildman–Crippen MR) is 62.3 cm³/mol. The summed E-state index contributed by atoms with van der Waals surface area (Å²) in [5.74, 6) is 0.302. The highest BCUT2D eigenvalue weighted by Crippen LogP contribution is 2.26. The number of nitrogens with zero attached hydrogens (tertiary/aromatic N) is 4. The maximum Gasteiger partial charge on any atom is 0.296 e. The van der Waals surface area contributed by atoms with Gasteiger partial charge in [0.1, 0.15) is 0 Å². The van der Waals surface area contributed by atoms with Crippen LogP contribution in [0.25, 0.3) is 11.4 Å². The zero-order valence-electron chi connectivity index (χ0n) is 8.50. The van der Waals surface area contributed by atoms with Crippen molar-refractivity contribution in [2.75, 3.05) is 0 Å². The summed E-state index contributed by atoms with van der Waals surface area (Å²) in [5.41, 5.74) is 0.531. The van der Waals surface area contributed by atoms with Gasteiger partial charge in [0.05, 0.1) is 5.02 Å². The van der Waals surface area contributed by atoms with E-state index < -0.39 is 9.05 Å². The molecule has 0 fully saturated rings. The van der Waals surface area contributed by atoms with Crippen LogP contribution in [0.1, 0.15) is 0 Å². The van der Waals surface area contributed by atoms with Gasteiger partial charge >= 0.3 is 0 Å². The van der Waals surface area contributed by atoms with Gasteiger partial charge in [-0.2, -0.15) is 0 Å². The summed E-state index contributed by atoms with van der Waals surface area (Å²) in [7, 11) is 2.76. The van der Waals surface area contributed by atoms with Crippen LogP contribution in [0.5, 0.6) is 0 Å². The molecule has 17 heavy (non-hydrogen) atoms. The Bertz CT molecular complexity index is 668. The minimum absolute atomic E-state index is 0.302. The number of pyridine rings is 1. The Hall–Kier alpha value is -1.18. The molecule has 0 spiro atoms. The van der Waals surface area contributed by atoms with Gasteiger partial charge in [-0.05, 0) is 6.07 Å². The van der Waals surface area contributed by atoms with E-state index in [0.29, 0.717) is 16.4 Å². The molecule has 2 heterocycles. The van der Waals surface area contributed by atoms with Crippen molar-refractivity contribution in [3.63, 3.8) is 0 Å². The van der Waals surface area contributed by atoms with Crippen molar-refractivity contribution in [2.45, 2.75) is 5.16 Å². The van der Waals surface area contributed by atoms with Gasteiger partial charge in [0.2, 0.25) is 0 Å². The van der Waals surface area contributed by atoms with E-state index >= 15 is 0 Å². The Morgan fingerprint density at radius 2 is 2.06 bits per heavy atom. The molecule has 0 atom stereocenters. The molecule has 0 amide bonds. The van der Waals surface area contributed by atoms with Gasteiger partial charge in [-0.15, -0.1) is 10.2 Å². The van der Waals surface area contributed by atoms with E-state index in [1.807, 2.05) is 0 Å². The van der Waals surface area contributed by atoms with Crippen molar-refractivity contribution < 1.29 is 8.42 Å². The maximum atomic E-state index is 11.2. The first-order valence-corrected chi connectivity index (χ1v) is 7.04. The van der Waals surface area contributed by atoms with Gasteiger partial charge in [-0.3, -0.25) is 9.55 Å². The Labute approximate surface area is 107 Å². The quantitative estimate of drug-likeness (QED) is 0.783. The van der Waals surface area contributed by atoms with Crippen molar-refractivity contribution in [1.82, 2.24) is 19.7 Å². The Morgan fingerprint density at radius 1 is 1.35 bits per heavy atom. The molecule has 2 aromatic rings. The van der Waals surface area contributed by atoms with Crippen LogP contribution in [0.3, 0.4) is 0 Å². The van der Waals surface area contributed by atoms with E-state index in [4.69, 9.17) is 22.3 Å². The first-order valence-electron chi connectivity index (χ1n) is 4.35. The van der Waals surface area contributed by atoms with Gasteiger partial charge in [-0.25, -0.2) is 8.42 Å².